The summed E-state index contributed by atoms with van der Waals surface area (Å²) in [6.07, 6.45) is -3.37. The Balaban J connectivity index is 0.000000623. The highest BCUT2D eigenvalue weighted by Gasteiger charge is 2.33. The largest absolute Gasteiger partial charge is 0.550 e. The highest BCUT2D eigenvalue weighted by Crippen LogP contribution is 2.49. The lowest BCUT2D eigenvalue weighted by molar-refractivity contribution is -0.305. The third kappa shape index (κ3) is 7.60. The van der Waals surface area contributed by atoms with Gasteiger partial charge in [0.1, 0.15) is 0 Å². The summed E-state index contributed by atoms with van der Waals surface area (Å²) in [4.78, 5) is 17.9. The van der Waals surface area contributed by atoms with Crippen LogP contribution in [0.15, 0.2) is 52.3 Å². The number of hydrogen-bond acceptors (Lipinski definition) is 7. The molecule has 2 aromatic rings. The minimum absolute atomic E-state index is 0.111. The predicted molar refractivity (Wildman–Crippen MR) is 129 cm³/mol. The van der Waals surface area contributed by atoms with E-state index in [1.54, 1.807) is 6.07 Å². The number of hydrogen-bond donors (Lipinski definition) is 1. The SMILES string of the molecule is CCC(=O)[O-].OCCN1CCN(CCCN2c3ccccc3Sc3ccc(C(F)(F)F)cc32)CC1. The van der Waals surface area contributed by atoms with Crippen LogP contribution in [0.5, 0.6) is 0 Å². The van der Waals surface area contributed by atoms with Crippen molar-refractivity contribution in [1.82, 2.24) is 9.80 Å². The van der Waals surface area contributed by atoms with Gasteiger partial charge >= 0.3 is 6.18 Å². The Morgan fingerprint density at radius 2 is 1.57 bits per heavy atom. The molecule has 1 N–H and O–H groups in total. The second kappa shape index (κ2) is 12.6. The molecule has 0 atom stereocenters. The molecule has 0 unspecified atom stereocenters. The van der Waals surface area contributed by atoms with Crippen molar-refractivity contribution in [3.63, 3.8) is 0 Å². The molecule has 35 heavy (non-hydrogen) atoms. The number of β-amino-alcohol motifs (C(OH)–C–C–N with tert-alkyl or cyclic N) is 1. The van der Waals surface area contributed by atoms with Gasteiger partial charge in [-0.05, 0) is 49.7 Å². The summed E-state index contributed by atoms with van der Waals surface area (Å²) in [5.74, 6) is -0.995. The Labute approximate surface area is 208 Å². The van der Waals surface area contributed by atoms with Gasteiger partial charge in [0.05, 0.1) is 23.5 Å². The monoisotopic (exact) mass is 510 g/mol. The van der Waals surface area contributed by atoms with Crippen molar-refractivity contribution in [1.29, 1.82) is 0 Å². The number of alkyl halides is 3. The number of nitrogens with zero attached hydrogens (tertiary/aromatic N) is 3. The number of carboxylic acids is 1. The third-order valence-corrected chi connectivity index (χ3v) is 7.11. The number of halogens is 3. The Morgan fingerprint density at radius 3 is 2.17 bits per heavy atom. The van der Waals surface area contributed by atoms with Crippen molar-refractivity contribution in [3.8, 4) is 0 Å². The van der Waals surface area contributed by atoms with Crippen LogP contribution < -0.4 is 10.0 Å². The highest BCUT2D eigenvalue weighted by molar-refractivity contribution is 7.99. The topological polar surface area (TPSA) is 70.1 Å². The third-order valence-electron chi connectivity index (χ3n) is 5.98. The lowest BCUT2D eigenvalue weighted by atomic mass is 10.1. The first-order valence-corrected chi connectivity index (χ1v) is 12.6. The maximum Gasteiger partial charge on any atom is 0.416 e. The molecule has 1 saturated heterocycles. The Kier molecular flexibility index (Phi) is 9.85. The number of carbonyl (C=O) groups is 1. The van der Waals surface area contributed by atoms with E-state index in [2.05, 4.69) is 9.80 Å². The van der Waals surface area contributed by atoms with Crippen molar-refractivity contribution in [3.05, 3.63) is 48.0 Å². The molecule has 0 saturated carbocycles. The lowest BCUT2D eigenvalue weighted by Crippen LogP contribution is -2.47. The fraction of sp³-hybridized carbons (Fsp3) is 0.480. The van der Waals surface area contributed by atoms with E-state index in [0.29, 0.717) is 18.8 Å². The molecular weight excluding hydrogens is 479 g/mol. The van der Waals surface area contributed by atoms with Crippen molar-refractivity contribution in [2.75, 3.05) is 57.3 Å². The Hall–Kier alpha value is -2.27. The van der Waals surface area contributed by atoms with Gasteiger partial charge in [-0.2, -0.15) is 13.2 Å². The zero-order chi connectivity index (χ0) is 25.4. The molecule has 0 spiro atoms. The first-order valence-electron chi connectivity index (χ1n) is 11.7. The molecule has 1 fully saturated rings. The van der Waals surface area contributed by atoms with Gasteiger partial charge in [-0.3, -0.25) is 4.90 Å². The number of rotatable bonds is 7. The predicted octanol–water partition coefficient (Wildman–Crippen LogP) is 3.45. The molecular formula is C25H31F3N3O3S-. The van der Waals surface area contributed by atoms with E-state index in [1.165, 1.54) is 30.8 Å². The van der Waals surface area contributed by atoms with Gasteiger partial charge < -0.3 is 24.8 Å². The van der Waals surface area contributed by atoms with Crippen LogP contribution in [-0.2, 0) is 11.0 Å². The number of carbonyl (C=O) groups excluding carboxylic acids is 1. The highest BCUT2D eigenvalue weighted by atomic mass is 32.2. The normalized spacial score (nSPS) is 16.2. The standard InChI is InChI=1S/C22H26F3N3OS.C3H6O2/c23-22(24,25)17-6-7-21-19(16-17)28(18-4-1-2-5-20(18)30-21)9-3-8-26-10-12-27(13-11-26)14-15-29;1-2-3(4)5/h1-2,4-7,16,29H,3,8-15H2;2H2,1H3,(H,4,5)/p-1. The van der Waals surface area contributed by atoms with Crippen LogP contribution in [0.3, 0.4) is 0 Å². The summed E-state index contributed by atoms with van der Waals surface area (Å²) in [7, 11) is 0. The number of piperazine rings is 1. The Morgan fingerprint density at radius 1 is 0.971 bits per heavy atom. The number of aliphatic carboxylic acids is 1. The van der Waals surface area contributed by atoms with Gasteiger partial charge in [0.2, 0.25) is 0 Å². The van der Waals surface area contributed by atoms with Crippen LogP contribution in [-0.4, -0.2) is 73.3 Å². The van der Waals surface area contributed by atoms with Gasteiger partial charge in [-0.1, -0.05) is 30.8 Å². The summed E-state index contributed by atoms with van der Waals surface area (Å²) in [6.45, 7) is 7.83. The van der Waals surface area contributed by atoms with Gasteiger partial charge in [-0.25, -0.2) is 0 Å². The van der Waals surface area contributed by atoms with Crippen LogP contribution in [0.25, 0.3) is 0 Å². The van der Waals surface area contributed by atoms with E-state index in [0.717, 1.165) is 54.6 Å². The summed E-state index contributed by atoms with van der Waals surface area (Å²) in [6, 6.07) is 11.9. The molecule has 6 nitrogen and oxygen atoms in total. The minimum Gasteiger partial charge on any atom is -0.550 e. The fourth-order valence-electron chi connectivity index (χ4n) is 4.08. The van der Waals surface area contributed by atoms with E-state index in [1.807, 2.05) is 29.2 Å². The first kappa shape index (κ1) is 27.3. The minimum atomic E-state index is -4.35. The van der Waals surface area contributed by atoms with E-state index >= 15 is 0 Å². The summed E-state index contributed by atoms with van der Waals surface area (Å²) < 4.78 is 39.9. The summed E-state index contributed by atoms with van der Waals surface area (Å²) >= 11 is 1.53. The molecule has 2 aromatic carbocycles. The maximum atomic E-state index is 13.3. The van der Waals surface area contributed by atoms with Crippen molar-refractivity contribution in [2.24, 2.45) is 0 Å². The summed E-state index contributed by atoms with van der Waals surface area (Å²) in [5.41, 5.74) is 1.01. The first-order chi connectivity index (χ1) is 16.7. The second-order valence-electron chi connectivity index (χ2n) is 8.39. The Bertz CT molecular complexity index is 982. The number of para-hydroxylation sites is 1. The average Bonchev–Trinajstić information content (AvgIpc) is 2.84. The van der Waals surface area contributed by atoms with Crippen LogP contribution in [0, 0.1) is 0 Å². The maximum absolute atomic E-state index is 13.3. The lowest BCUT2D eigenvalue weighted by Gasteiger charge is -2.36. The molecule has 0 amide bonds. The number of aliphatic hydroxyl groups excluding tert-OH is 1. The molecule has 192 valence electrons. The van der Waals surface area contributed by atoms with E-state index in [9.17, 15) is 23.1 Å². The number of fused-ring (bicyclic) bond motifs is 2. The molecule has 2 aliphatic heterocycles. The van der Waals surface area contributed by atoms with Gasteiger partial charge in [0.15, 0.2) is 0 Å². The number of aliphatic hydroxyl groups is 1. The number of carboxylic acid groups (broad SMARTS) is 1. The van der Waals surface area contributed by atoms with E-state index in [4.69, 9.17) is 5.11 Å². The average molecular weight is 511 g/mol. The fourth-order valence-corrected chi connectivity index (χ4v) is 5.15. The molecule has 10 heteroatoms. The van der Waals surface area contributed by atoms with Crippen LogP contribution in [0.1, 0.15) is 25.3 Å². The molecule has 0 aromatic heterocycles. The molecule has 0 bridgehead atoms. The molecule has 0 aliphatic carbocycles. The van der Waals surface area contributed by atoms with Crippen molar-refractivity contribution in [2.45, 2.75) is 35.7 Å². The molecule has 4 rings (SSSR count). The van der Waals surface area contributed by atoms with Crippen LogP contribution >= 0.6 is 11.8 Å². The summed E-state index contributed by atoms with van der Waals surface area (Å²) in [5, 5.41) is 18.3. The zero-order valence-electron chi connectivity index (χ0n) is 19.8. The van der Waals surface area contributed by atoms with Crippen molar-refractivity contribution >= 4 is 29.1 Å². The van der Waals surface area contributed by atoms with Gasteiger partial charge in [0.25, 0.3) is 0 Å². The molecule has 0 radical (unpaired) electrons. The molecule has 2 heterocycles. The number of benzene rings is 2. The van der Waals surface area contributed by atoms with Gasteiger partial charge in [0, 0.05) is 55.0 Å². The zero-order valence-corrected chi connectivity index (χ0v) is 20.6. The van der Waals surface area contributed by atoms with E-state index in [-0.39, 0.29) is 13.0 Å². The number of anilines is 2. The van der Waals surface area contributed by atoms with Crippen molar-refractivity contribution < 1.29 is 28.2 Å². The van der Waals surface area contributed by atoms with Crippen LogP contribution in [0.4, 0.5) is 24.5 Å². The van der Waals surface area contributed by atoms with E-state index < -0.39 is 17.7 Å². The smallest absolute Gasteiger partial charge is 0.416 e. The quantitative estimate of drug-likeness (QED) is 0.612. The second-order valence-corrected chi connectivity index (χ2v) is 9.47. The van der Waals surface area contributed by atoms with Gasteiger partial charge in [-0.15, -0.1) is 0 Å². The molecule has 2 aliphatic rings. The van der Waals surface area contributed by atoms with Crippen LogP contribution in [0.2, 0.25) is 0 Å².